The van der Waals surface area contributed by atoms with Crippen LogP contribution in [0.2, 0.25) is 0 Å². The molecule has 10 heavy (non-hydrogen) atoms. The number of carbonyl (C=O) groups is 1. The van der Waals surface area contributed by atoms with Gasteiger partial charge in [0.1, 0.15) is 0 Å². The monoisotopic (exact) mass is 349 g/mol. The van der Waals surface area contributed by atoms with Crippen molar-refractivity contribution in [1.82, 2.24) is 0 Å². The second kappa shape index (κ2) is 16.9. The Balaban J connectivity index is -0.0000000300. The summed E-state index contributed by atoms with van der Waals surface area (Å²) in [7, 11) is 0. The molecule has 6 nitrogen and oxygen atoms in total. The molecule has 0 aromatic heterocycles. The number of rotatable bonds is 0. The van der Waals surface area contributed by atoms with Gasteiger partial charge in [-0.05, 0) is 6.92 Å². The number of aliphatic carboxylic acids is 1. The summed E-state index contributed by atoms with van der Waals surface area (Å²) in [5, 5.41) is 23.6. The molecular formula is C2H3CeNO5Sr+3. The predicted molar refractivity (Wildman–Crippen MR) is 26.8 cm³/mol. The molecule has 0 bridgehead atoms. The minimum Gasteiger partial charge on any atom is -0.550 e. The van der Waals surface area contributed by atoms with Crippen LogP contribution in [0.5, 0.6) is 0 Å². The van der Waals surface area contributed by atoms with E-state index >= 15 is 0 Å². The molecule has 0 N–H and O–H groups in total. The molecule has 0 spiro atoms. The SMILES string of the molecule is CC(=O)[O-].O=[N+]([O-])[O-].[Ce+3].[Sr+2]. The molecule has 0 fully saturated rings. The van der Waals surface area contributed by atoms with Crippen LogP contribution in [0, 0.1) is 57.1 Å². The van der Waals surface area contributed by atoms with E-state index in [0.29, 0.717) is 0 Å². The Morgan fingerprint density at radius 2 is 1.40 bits per heavy atom. The van der Waals surface area contributed by atoms with Crippen LogP contribution < -0.4 is 5.11 Å². The molecule has 0 aliphatic heterocycles. The summed E-state index contributed by atoms with van der Waals surface area (Å²) in [5.74, 6) is -1.08. The first kappa shape index (κ1) is 22.5. The average Bonchev–Trinajstić information content (AvgIpc) is 1.25. The number of nitrogens with zero attached hydrogens (tertiary/aromatic N) is 1. The van der Waals surface area contributed by atoms with E-state index in [1.807, 2.05) is 0 Å². The van der Waals surface area contributed by atoms with Crippen LogP contribution in [0.1, 0.15) is 6.92 Å². The number of carbonyl (C=O) groups excluding carboxylic acids is 1. The minimum atomic E-state index is -1.75. The first-order chi connectivity index (χ1) is 3.46. The van der Waals surface area contributed by atoms with Crippen molar-refractivity contribution in [2.24, 2.45) is 0 Å². The standard InChI is InChI=1S/C2H4O2.Ce.NO3.Sr/c1-2(3)4;;2-1(3)4;/h1H3,(H,3,4);;;/q;+3;-1;+2/p-1. The molecule has 0 aliphatic carbocycles. The summed E-state index contributed by atoms with van der Waals surface area (Å²) in [4.78, 5) is 17.1. The molecule has 0 saturated heterocycles. The molecule has 0 heterocycles. The smallest absolute Gasteiger partial charge is 0.550 e. The topological polar surface area (TPSA) is 106 Å². The fourth-order valence-electron chi connectivity index (χ4n) is 0. The Kier molecular flexibility index (Phi) is 38.0. The van der Waals surface area contributed by atoms with Crippen molar-refractivity contribution in [2.75, 3.05) is 0 Å². The van der Waals surface area contributed by atoms with E-state index in [2.05, 4.69) is 0 Å². The zero-order chi connectivity index (χ0) is 7.15. The predicted octanol–water partition coefficient (Wildman–Crippen LogP) is -1.86. The van der Waals surface area contributed by atoms with Gasteiger partial charge in [0.05, 0.1) is 5.09 Å². The summed E-state index contributed by atoms with van der Waals surface area (Å²) in [5.41, 5.74) is 0. The van der Waals surface area contributed by atoms with Crippen LogP contribution in [-0.4, -0.2) is 56.5 Å². The second-order valence-corrected chi connectivity index (χ2v) is 0.715. The fraction of sp³-hybridized carbons (Fsp3) is 0.500. The van der Waals surface area contributed by atoms with Gasteiger partial charge in [-0.2, -0.15) is 0 Å². The van der Waals surface area contributed by atoms with E-state index in [0.717, 1.165) is 6.92 Å². The van der Waals surface area contributed by atoms with Crippen LogP contribution in [-0.2, 0) is 4.79 Å². The third-order valence-corrected chi connectivity index (χ3v) is 0. The maximum absolute atomic E-state index is 8.89. The van der Waals surface area contributed by atoms with Crippen LogP contribution in [0.25, 0.3) is 0 Å². The molecule has 0 aliphatic rings. The first-order valence-corrected chi connectivity index (χ1v) is 1.46. The molecular weight excluding hydrogens is 346 g/mol. The first-order valence-electron chi connectivity index (χ1n) is 1.46. The average molecular weight is 349 g/mol. The van der Waals surface area contributed by atoms with Crippen LogP contribution in [0.4, 0.5) is 0 Å². The summed E-state index contributed by atoms with van der Waals surface area (Å²) in [6.45, 7) is 0.972. The Bertz CT molecular complexity index is 77.6. The molecule has 0 aromatic carbocycles. The molecule has 8 heteroatoms. The van der Waals surface area contributed by atoms with Crippen LogP contribution in [0.15, 0.2) is 0 Å². The van der Waals surface area contributed by atoms with E-state index in [4.69, 9.17) is 25.2 Å². The molecule has 1 radical (unpaired) electrons. The van der Waals surface area contributed by atoms with E-state index < -0.39 is 11.1 Å². The number of hydrogen-bond acceptors (Lipinski definition) is 5. The largest absolute Gasteiger partial charge is 3.00 e. The maximum atomic E-state index is 8.89. The number of hydrogen-bond donors (Lipinski definition) is 0. The van der Waals surface area contributed by atoms with Gasteiger partial charge in [-0.3, -0.25) is 0 Å². The van der Waals surface area contributed by atoms with Gasteiger partial charge < -0.3 is 25.2 Å². The zero-order valence-corrected chi connectivity index (χ0v) is 11.8. The van der Waals surface area contributed by atoms with E-state index in [9.17, 15) is 0 Å². The zero-order valence-electron chi connectivity index (χ0n) is 5.20. The maximum Gasteiger partial charge on any atom is 3.00 e. The molecule has 0 saturated carbocycles. The third-order valence-electron chi connectivity index (χ3n) is 0. The Labute approximate surface area is 128 Å². The van der Waals surface area contributed by atoms with E-state index in [1.165, 1.54) is 0 Å². The molecule has 0 unspecified atom stereocenters. The van der Waals surface area contributed by atoms with Crippen molar-refractivity contribution < 1.29 is 56.7 Å². The normalized spacial score (nSPS) is 4.90. The number of carboxylic acid groups (broad SMARTS) is 1. The molecule has 0 atom stereocenters. The molecule has 0 amide bonds. The summed E-state index contributed by atoms with van der Waals surface area (Å²) < 4.78 is 0. The van der Waals surface area contributed by atoms with Gasteiger partial charge in [-0.15, -0.1) is 0 Å². The van der Waals surface area contributed by atoms with Crippen LogP contribution >= 0.6 is 0 Å². The van der Waals surface area contributed by atoms with Gasteiger partial charge in [0, 0.05) is 5.97 Å². The fourth-order valence-corrected chi connectivity index (χ4v) is 0. The van der Waals surface area contributed by atoms with Crippen molar-refractivity contribution in [3.63, 3.8) is 0 Å². The van der Waals surface area contributed by atoms with Crippen molar-refractivity contribution in [2.45, 2.75) is 6.92 Å². The second-order valence-electron chi connectivity index (χ2n) is 0.715. The third kappa shape index (κ3) is 297. The van der Waals surface area contributed by atoms with E-state index in [-0.39, 0.29) is 87.2 Å². The minimum absolute atomic E-state index is 0. The van der Waals surface area contributed by atoms with Gasteiger partial charge in [-0.1, -0.05) is 0 Å². The van der Waals surface area contributed by atoms with Crippen molar-refractivity contribution in [1.29, 1.82) is 0 Å². The number of carboxylic acids is 1. The Morgan fingerprint density at radius 1 is 1.40 bits per heavy atom. The van der Waals surface area contributed by atoms with Crippen molar-refractivity contribution >= 4 is 51.5 Å². The van der Waals surface area contributed by atoms with Crippen molar-refractivity contribution in [3.05, 3.63) is 15.3 Å². The van der Waals surface area contributed by atoms with Crippen LogP contribution in [0.3, 0.4) is 0 Å². The quantitative estimate of drug-likeness (QED) is 0.290. The van der Waals surface area contributed by atoms with E-state index in [1.54, 1.807) is 0 Å². The molecule has 0 rings (SSSR count). The van der Waals surface area contributed by atoms with Gasteiger partial charge >= 0.3 is 87.2 Å². The molecule has 0 aromatic rings. The summed E-state index contributed by atoms with van der Waals surface area (Å²) in [6.07, 6.45) is 0. The van der Waals surface area contributed by atoms with Gasteiger partial charge in [-0.25, -0.2) is 0 Å². The van der Waals surface area contributed by atoms with Gasteiger partial charge in [0.25, 0.3) is 0 Å². The molecule has 49 valence electrons. The Morgan fingerprint density at radius 3 is 1.40 bits per heavy atom. The van der Waals surface area contributed by atoms with Gasteiger partial charge in [0.15, 0.2) is 0 Å². The Hall–Kier alpha value is 1.53. The summed E-state index contributed by atoms with van der Waals surface area (Å²) >= 11 is 0. The van der Waals surface area contributed by atoms with Gasteiger partial charge in [0.2, 0.25) is 0 Å². The van der Waals surface area contributed by atoms with Crippen molar-refractivity contribution in [3.8, 4) is 0 Å². The summed E-state index contributed by atoms with van der Waals surface area (Å²) in [6, 6.07) is 0.